The van der Waals surface area contributed by atoms with Crippen molar-refractivity contribution < 1.29 is 0 Å². The Labute approximate surface area is 140 Å². The molecule has 104 valence electrons. The lowest BCUT2D eigenvalue weighted by molar-refractivity contribution is 1.41. The maximum absolute atomic E-state index is 5.91. The van der Waals surface area contributed by atoms with Crippen LogP contribution < -0.4 is 5.73 Å². The fraction of sp³-hybridized carbons (Fsp3) is 0. The molecule has 0 amide bonds. The van der Waals surface area contributed by atoms with Crippen LogP contribution in [0.3, 0.4) is 0 Å². The molecule has 1 aromatic heterocycles. The number of halogens is 2. The average Bonchev–Trinajstić information content (AvgIpc) is 2.50. The highest BCUT2D eigenvalue weighted by Gasteiger charge is 2.03. The second kappa shape index (κ2) is 6.00. The Morgan fingerprint density at radius 2 is 1.67 bits per heavy atom. The van der Waals surface area contributed by atoms with Gasteiger partial charge in [0.15, 0.2) is 0 Å². The third-order valence-corrected chi connectivity index (χ3v) is 4.55. The minimum Gasteiger partial charge on any atom is -0.397 e. The molecule has 3 rings (SSSR count). The van der Waals surface area contributed by atoms with Gasteiger partial charge in [-0.15, -0.1) is 0 Å². The average molecular weight is 404 g/mol. The predicted octanol–water partition coefficient (Wildman–Crippen LogP) is 5.51. The van der Waals surface area contributed by atoms with Crippen LogP contribution in [0.25, 0.3) is 23.1 Å². The fourth-order valence-corrected chi connectivity index (χ4v) is 3.37. The third-order valence-electron chi connectivity index (χ3n) is 3.24. The van der Waals surface area contributed by atoms with Gasteiger partial charge >= 0.3 is 0 Å². The number of hydrogen-bond donors (Lipinski definition) is 1. The summed E-state index contributed by atoms with van der Waals surface area (Å²) >= 11 is 6.93. The van der Waals surface area contributed by atoms with Crippen molar-refractivity contribution in [2.75, 3.05) is 5.73 Å². The normalized spacial score (nSPS) is 11.3. The number of benzene rings is 2. The predicted molar refractivity (Wildman–Crippen MR) is 96.9 cm³/mol. The zero-order valence-electron chi connectivity index (χ0n) is 11.1. The Kier molecular flexibility index (Phi) is 4.08. The molecule has 0 saturated heterocycles. The molecule has 0 saturated carbocycles. The first-order chi connectivity index (χ1) is 10.1. The van der Waals surface area contributed by atoms with E-state index in [4.69, 9.17) is 5.73 Å². The summed E-state index contributed by atoms with van der Waals surface area (Å²) in [6, 6.07) is 14.1. The number of fused-ring (bicyclic) bond motifs is 1. The molecule has 2 N–H and O–H groups in total. The Morgan fingerprint density at radius 3 is 2.43 bits per heavy atom. The van der Waals surface area contributed by atoms with Crippen molar-refractivity contribution in [3.63, 3.8) is 0 Å². The third kappa shape index (κ3) is 3.01. The van der Waals surface area contributed by atoms with Gasteiger partial charge in [0.25, 0.3) is 0 Å². The lowest BCUT2D eigenvalue weighted by Gasteiger charge is -2.04. The van der Waals surface area contributed by atoms with E-state index < -0.39 is 0 Å². The van der Waals surface area contributed by atoms with Gasteiger partial charge < -0.3 is 5.73 Å². The summed E-state index contributed by atoms with van der Waals surface area (Å²) in [5, 5.41) is 1.14. The summed E-state index contributed by atoms with van der Waals surface area (Å²) in [5.41, 5.74) is 9.83. The Hall–Kier alpha value is -1.65. The van der Waals surface area contributed by atoms with E-state index in [1.54, 1.807) is 0 Å². The fourth-order valence-electron chi connectivity index (χ4n) is 2.15. The molecule has 21 heavy (non-hydrogen) atoms. The van der Waals surface area contributed by atoms with Crippen molar-refractivity contribution in [2.45, 2.75) is 0 Å². The molecule has 0 aliphatic rings. The Bertz CT molecular complexity index is 813. The van der Waals surface area contributed by atoms with E-state index in [2.05, 4.69) is 55.1 Å². The number of aromatic nitrogens is 1. The van der Waals surface area contributed by atoms with Crippen molar-refractivity contribution >= 4 is 60.6 Å². The molecule has 0 aliphatic heterocycles. The smallest absolute Gasteiger partial charge is 0.0707 e. The molecule has 0 unspecified atom stereocenters. The van der Waals surface area contributed by atoms with Crippen LogP contribution in [-0.2, 0) is 0 Å². The molecule has 0 aliphatic carbocycles. The van der Waals surface area contributed by atoms with Crippen LogP contribution in [0.4, 0.5) is 5.69 Å². The van der Waals surface area contributed by atoms with E-state index in [1.165, 1.54) is 0 Å². The first-order valence-electron chi connectivity index (χ1n) is 6.41. The van der Waals surface area contributed by atoms with E-state index >= 15 is 0 Å². The summed E-state index contributed by atoms with van der Waals surface area (Å²) in [5.74, 6) is 0. The van der Waals surface area contributed by atoms with Crippen LogP contribution >= 0.6 is 31.9 Å². The second-order valence-electron chi connectivity index (χ2n) is 4.65. The van der Waals surface area contributed by atoms with Gasteiger partial charge in [-0.1, -0.05) is 30.4 Å². The van der Waals surface area contributed by atoms with Crippen molar-refractivity contribution in [2.24, 2.45) is 0 Å². The Balaban J connectivity index is 2.02. The minimum absolute atomic E-state index is 0.710. The quantitative estimate of drug-likeness (QED) is 0.572. The van der Waals surface area contributed by atoms with Gasteiger partial charge in [0.05, 0.1) is 11.2 Å². The molecule has 0 spiro atoms. The maximum atomic E-state index is 5.91. The van der Waals surface area contributed by atoms with Gasteiger partial charge in [-0.25, -0.2) is 0 Å². The van der Waals surface area contributed by atoms with E-state index in [-0.39, 0.29) is 0 Å². The molecule has 0 bridgehead atoms. The summed E-state index contributed by atoms with van der Waals surface area (Å²) in [6.07, 6.45) is 5.99. The monoisotopic (exact) mass is 402 g/mol. The summed E-state index contributed by atoms with van der Waals surface area (Å²) < 4.78 is 1.77. The van der Waals surface area contributed by atoms with Gasteiger partial charge in [-0.05, 0) is 67.3 Å². The highest BCUT2D eigenvalue weighted by molar-refractivity contribution is 9.11. The first-order valence-corrected chi connectivity index (χ1v) is 8.00. The van der Waals surface area contributed by atoms with Crippen molar-refractivity contribution in [3.05, 3.63) is 68.7 Å². The molecule has 0 radical (unpaired) electrons. The van der Waals surface area contributed by atoms with Crippen LogP contribution in [0.1, 0.15) is 11.1 Å². The number of nitrogen functional groups attached to an aromatic ring is 1. The zero-order chi connectivity index (χ0) is 14.8. The number of nitrogens with zero attached hydrogens (tertiary/aromatic N) is 1. The highest BCUT2D eigenvalue weighted by atomic mass is 79.9. The number of pyridine rings is 1. The van der Waals surface area contributed by atoms with Gasteiger partial charge in [0.1, 0.15) is 0 Å². The first kappa shape index (κ1) is 14.3. The maximum Gasteiger partial charge on any atom is 0.0707 e. The highest BCUT2D eigenvalue weighted by Crippen LogP contribution is 2.30. The summed E-state index contributed by atoms with van der Waals surface area (Å²) in [7, 11) is 0. The largest absolute Gasteiger partial charge is 0.397 e. The van der Waals surface area contributed by atoms with Crippen LogP contribution in [-0.4, -0.2) is 4.98 Å². The van der Waals surface area contributed by atoms with Gasteiger partial charge in [-0.2, -0.15) is 0 Å². The van der Waals surface area contributed by atoms with Gasteiger partial charge in [-0.3, -0.25) is 4.98 Å². The van der Waals surface area contributed by atoms with E-state index in [9.17, 15) is 0 Å². The van der Waals surface area contributed by atoms with Crippen molar-refractivity contribution in [1.82, 2.24) is 4.98 Å². The van der Waals surface area contributed by atoms with E-state index in [1.807, 2.05) is 42.6 Å². The number of hydrogen-bond acceptors (Lipinski definition) is 2. The molecule has 0 atom stereocenters. The SMILES string of the molecule is Nc1c(Br)cc(/C=C\c2ccnc3ccccc23)cc1Br. The van der Waals surface area contributed by atoms with Crippen LogP contribution in [0.5, 0.6) is 0 Å². The number of anilines is 1. The molecular weight excluding hydrogens is 392 g/mol. The topological polar surface area (TPSA) is 38.9 Å². The lowest BCUT2D eigenvalue weighted by atomic mass is 10.1. The van der Waals surface area contributed by atoms with Gasteiger partial charge in [0.2, 0.25) is 0 Å². The van der Waals surface area contributed by atoms with E-state index in [0.717, 1.165) is 31.0 Å². The number of rotatable bonds is 2. The summed E-state index contributed by atoms with van der Waals surface area (Å²) in [4.78, 5) is 4.37. The molecule has 0 fully saturated rings. The minimum atomic E-state index is 0.710. The second-order valence-corrected chi connectivity index (χ2v) is 6.36. The van der Waals surface area contributed by atoms with Crippen LogP contribution in [0.15, 0.2) is 57.6 Å². The molecule has 2 nitrogen and oxygen atoms in total. The van der Waals surface area contributed by atoms with Gasteiger partial charge in [0, 0.05) is 20.5 Å². The molecule has 3 aromatic rings. The molecular formula is C17H12Br2N2. The standard InChI is InChI=1S/C17H12Br2N2/c18-14-9-11(10-15(19)17(14)20)5-6-12-7-8-21-16-4-2-1-3-13(12)16/h1-10H,20H2/b6-5-. The number of nitrogens with two attached hydrogens (primary N) is 1. The molecule has 1 heterocycles. The van der Waals surface area contributed by atoms with Crippen LogP contribution in [0.2, 0.25) is 0 Å². The number of para-hydroxylation sites is 1. The zero-order valence-corrected chi connectivity index (χ0v) is 14.2. The lowest BCUT2D eigenvalue weighted by Crippen LogP contribution is -1.89. The summed E-state index contributed by atoms with van der Waals surface area (Å²) in [6.45, 7) is 0. The Morgan fingerprint density at radius 1 is 0.952 bits per heavy atom. The molecule has 2 aromatic carbocycles. The molecule has 4 heteroatoms. The van der Waals surface area contributed by atoms with Crippen molar-refractivity contribution in [1.29, 1.82) is 0 Å². The van der Waals surface area contributed by atoms with Crippen molar-refractivity contribution in [3.8, 4) is 0 Å². The van der Waals surface area contributed by atoms with Crippen LogP contribution in [0, 0.1) is 0 Å². The van der Waals surface area contributed by atoms with E-state index in [0.29, 0.717) is 5.69 Å².